The van der Waals surface area contributed by atoms with Gasteiger partial charge in [0.25, 0.3) is 0 Å². The van der Waals surface area contributed by atoms with Crippen LogP contribution in [-0.4, -0.2) is 45.8 Å². The van der Waals surface area contributed by atoms with Gasteiger partial charge in [-0.1, -0.05) is 6.08 Å². The van der Waals surface area contributed by atoms with Crippen molar-refractivity contribution in [1.82, 2.24) is 4.90 Å². The molecule has 1 heterocycles. The molecule has 0 unspecified atom stereocenters. The highest BCUT2D eigenvalue weighted by Gasteiger charge is 2.38. The Morgan fingerprint density at radius 3 is 2.44 bits per heavy atom. The summed E-state index contributed by atoms with van der Waals surface area (Å²) in [6.07, 6.45) is 1.91. The van der Waals surface area contributed by atoms with E-state index >= 15 is 0 Å². The fourth-order valence-corrected chi connectivity index (χ4v) is 1.77. The summed E-state index contributed by atoms with van der Waals surface area (Å²) in [4.78, 5) is 13.6. The van der Waals surface area contributed by atoms with E-state index in [1.807, 2.05) is 13.8 Å². The highest BCUT2D eigenvalue weighted by molar-refractivity contribution is 6.51. The first kappa shape index (κ1) is 15.1. The van der Waals surface area contributed by atoms with Crippen molar-refractivity contribution in [2.24, 2.45) is 0 Å². The standard InChI is InChI=1S/C12H22BNO4/c1-11(2,3)18-10(15)14-8-9(13(16)17)6-7-12(14,4)5/h6,16-17H,7-8H2,1-5H3. The predicted octanol–water partition coefficient (Wildman–Crippen LogP) is 1.34. The first-order valence-corrected chi connectivity index (χ1v) is 6.08. The fraction of sp³-hybridized carbons (Fsp3) is 0.750. The summed E-state index contributed by atoms with van der Waals surface area (Å²) in [7, 11) is -1.52. The van der Waals surface area contributed by atoms with Crippen LogP contribution in [0.2, 0.25) is 0 Å². The molecule has 18 heavy (non-hydrogen) atoms. The van der Waals surface area contributed by atoms with Gasteiger partial charge >= 0.3 is 13.2 Å². The summed E-state index contributed by atoms with van der Waals surface area (Å²) < 4.78 is 5.34. The molecular weight excluding hydrogens is 233 g/mol. The molecule has 0 aromatic carbocycles. The second-order valence-corrected chi connectivity index (χ2v) is 6.24. The van der Waals surface area contributed by atoms with E-state index in [9.17, 15) is 14.8 Å². The van der Waals surface area contributed by atoms with Crippen molar-refractivity contribution in [2.75, 3.05) is 6.54 Å². The van der Waals surface area contributed by atoms with Gasteiger partial charge in [0, 0.05) is 12.1 Å². The molecule has 0 radical (unpaired) electrons. The van der Waals surface area contributed by atoms with Crippen molar-refractivity contribution in [1.29, 1.82) is 0 Å². The molecule has 1 aliphatic heterocycles. The molecule has 1 rings (SSSR count). The molecule has 0 fully saturated rings. The predicted molar refractivity (Wildman–Crippen MR) is 69.9 cm³/mol. The zero-order chi connectivity index (χ0) is 14.1. The Balaban J connectivity index is 2.86. The number of ether oxygens (including phenoxy) is 1. The molecule has 5 nitrogen and oxygen atoms in total. The minimum absolute atomic E-state index is 0.180. The molecule has 1 amide bonds. The summed E-state index contributed by atoms with van der Waals surface area (Å²) in [6.45, 7) is 9.44. The zero-order valence-electron chi connectivity index (χ0n) is 11.7. The third-order valence-electron chi connectivity index (χ3n) is 2.88. The molecule has 0 saturated heterocycles. The quantitative estimate of drug-likeness (QED) is 0.694. The van der Waals surface area contributed by atoms with Crippen LogP contribution in [0.25, 0.3) is 0 Å². The Morgan fingerprint density at radius 2 is 2.00 bits per heavy atom. The molecule has 1 aliphatic rings. The largest absolute Gasteiger partial charge is 0.485 e. The normalized spacial score (nSPS) is 19.3. The lowest BCUT2D eigenvalue weighted by atomic mass is 9.74. The molecule has 0 aromatic rings. The molecule has 0 spiro atoms. The van der Waals surface area contributed by atoms with Crippen molar-refractivity contribution in [2.45, 2.75) is 52.2 Å². The van der Waals surface area contributed by atoms with Crippen molar-refractivity contribution in [3.63, 3.8) is 0 Å². The molecule has 2 N–H and O–H groups in total. The first-order valence-electron chi connectivity index (χ1n) is 6.08. The van der Waals surface area contributed by atoms with Gasteiger partial charge in [-0.2, -0.15) is 0 Å². The lowest BCUT2D eigenvalue weighted by molar-refractivity contribution is 0.00482. The zero-order valence-corrected chi connectivity index (χ0v) is 11.7. The van der Waals surface area contributed by atoms with Crippen LogP contribution in [0.4, 0.5) is 4.79 Å². The van der Waals surface area contributed by atoms with E-state index in [0.717, 1.165) is 0 Å². The van der Waals surface area contributed by atoms with Gasteiger partial charge in [0.05, 0.1) is 0 Å². The number of hydrogen-bond acceptors (Lipinski definition) is 4. The summed E-state index contributed by atoms with van der Waals surface area (Å²) in [5, 5.41) is 18.4. The van der Waals surface area contributed by atoms with Gasteiger partial charge in [0.15, 0.2) is 0 Å². The van der Waals surface area contributed by atoms with Crippen LogP contribution >= 0.6 is 0 Å². The van der Waals surface area contributed by atoms with Gasteiger partial charge in [-0.05, 0) is 46.5 Å². The Morgan fingerprint density at radius 1 is 1.44 bits per heavy atom. The number of rotatable bonds is 1. The highest BCUT2D eigenvalue weighted by Crippen LogP contribution is 2.28. The average molecular weight is 255 g/mol. The summed E-state index contributed by atoms with van der Waals surface area (Å²) >= 11 is 0. The fourth-order valence-electron chi connectivity index (χ4n) is 1.77. The molecule has 0 aromatic heterocycles. The minimum atomic E-state index is -1.52. The maximum atomic E-state index is 12.1. The van der Waals surface area contributed by atoms with Crippen molar-refractivity contribution < 1.29 is 19.6 Å². The second-order valence-electron chi connectivity index (χ2n) is 6.24. The van der Waals surface area contributed by atoms with Gasteiger partial charge < -0.3 is 14.8 Å². The third kappa shape index (κ3) is 3.75. The number of hydrogen-bond donors (Lipinski definition) is 2. The molecule has 0 bridgehead atoms. The summed E-state index contributed by atoms with van der Waals surface area (Å²) in [5.74, 6) is 0. The Kier molecular flexibility index (Phi) is 4.13. The van der Waals surface area contributed by atoms with Gasteiger partial charge in [-0.3, -0.25) is 4.90 Å². The van der Waals surface area contributed by atoms with Crippen LogP contribution < -0.4 is 0 Å². The maximum Gasteiger partial charge on any atom is 0.485 e. The van der Waals surface area contributed by atoms with Crippen LogP contribution in [0.1, 0.15) is 41.0 Å². The summed E-state index contributed by atoms with van der Waals surface area (Å²) in [6, 6.07) is 0. The molecule has 0 saturated carbocycles. The molecule has 6 heteroatoms. The van der Waals surface area contributed by atoms with Crippen LogP contribution in [0, 0.1) is 0 Å². The maximum absolute atomic E-state index is 12.1. The van der Waals surface area contributed by atoms with E-state index in [-0.39, 0.29) is 12.1 Å². The van der Waals surface area contributed by atoms with E-state index in [2.05, 4.69) is 0 Å². The van der Waals surface area contributed by atoms with Crippen molar-refractivity contribution in [3.05, 3.63) is 11.5 Å². The Bertz CT molecular complexity index is 358. The van der Waals surface area contributed by atoms with Crippen LogP contribution in [0.3, 0.4) is 0 Å². The molecule has 0 aliphatic carbocycles. The number of amides is 1. The van der Waals surface area contributed by atoms with E-state index in [4.69, 9.17) is 4.74 Å². The van der Waals surface area contributed by atoms with Gasteiger partial charge in [0.2, 0.25) is 0 Å². The third-order valence-corrected chi connectivity index (χ3v) is 2.88. The summed E-state index contributed by atoms with van der Waals surface area (Å²) in [5.41, 5.74) is -0.521. The van der Waals surface area contributed by atoms with Crippen molar-refractivity contribution in [3.8, 4) is 0 Å². The van der Waals surface area contributed by atoms with E-state index < -0.39 is 18.8 Å². The highest BCUT2D eigenvalue weighted by atomic mass is 16.6. The van der Waals surface area contributed by atoms with Gasteiger partial charge in [0.1, 0.15) is 5.60 Å². The number of carbonyl (C=O) groups is 1. The van der Waals surface area contributed by atoms with E-state index in [1.165, 1.54) is 4.90 Å². The topological polar surface area (TPSA) is 70.0 Å². The van der Waals surface area contributed by atoms with Crippen LogP contribution in [0.5, 0.6) is 0 Å². The SMILES string of the molecule is CC(C)(C)OC(=O)N1CC(B(O)O)=CCC1(C)C. The van der Waals surface area contributed by atoms with E-state index in [0.29, 0.717) is 11.9 Å². The average Bonchev–Trinajstić information content (AvgIpc) is 2.13. The Hall–Kier alpha value is -1.01. The Labute approximate surface area is 109 Å². The van der Waals surface area contributed by atoms with Crippen molar-refractivity contribution >= 4 is 13.2 Å². The molecule has 0 atom stereocenters. The lowest BCUT2D eigenvalue weighted by Gasteiger charge is -2.42. The minimum Gasteiger partial charge on any atom is -0.444 e. The van der Waals surface area contributed by atoms with E-state index in [1.54, 1.807) is 26.8 Å². The molecule has 102 valence electrons. The number of nitrogens with zero attached hydrogens (tertiary/aromatic N) is 1. The van der Waals surface area contributed by atoms with Gasteiger partial charge in [-0.15, -0.1) is 0 Å². The number of carbonyl (C=O) groups excluding carboxylic acids is 1. The van der Waals surface area contributed by atoms with Crippen LogP contribution in [-0.2, 0) is 4.74 Å². The smallest absolute Gasteiger partial charge is 0.444 e. The monoisotopic (exact) mass is 255 g/mol. The second kappa shape index (κ2) is 4.94. The van der Waals surface area contributed by atoms with Crippen LogP contribution in [0.15, 0.2) is 11.5 Å². The lowest BCUT2D eigenvalue weighted by Crippen LogP contribution is -2.53. The molecular formula is C12H22BNO4. The first-order chi connectivity index (χ1) is 8.03. The van der Waals surface area contributed by atoms with Gasteiger partial charge in [-0.25, -0.2) is 4.79 Å².